The maximum atomic E-state index is 5.86. The summed E-state index contributed by atoms with van der Waals surface area (Å²) in [5, 5.41) is 6.65. The fourth-order valence-electron chi connectivity index (χ4n) is 3.14. The van der Waals surface area contributed by atoms with E-state index in [1.54, 1.807) is 21.3 Å². The van der Waals surface area contributed by atoms with Crippen LogP contribution >= 0.6 is 24.0 Å². The molecule has 0 saturated carbocycles. The van der Waals surface area contributed by atoms with Gasteiger partial charge < -0.3 is 24.8 Å². The zero-order valence-electron chi connectivity index (χ0n) is 16.7. The third kappa shape index (κ3) is 5.43. The molecule has 0 fully saturated rings. The van der Waals surface area contributed by atoms with Gasteiger partial charge in [0, 0.05) is 37.7 Å². The molecular weight excluding hydrogens is 469 g/mol. The molecule has 0 aliphatic carbocycles. The lowest BCUT2D eigenvalue weighted by atomic mass is 10.1. The third-order valence-electron chi connectivity index (χ3n) is 4.59. The summed E-state index contributed by atoms with van der Waals surface area (Å²) in [6.45, 7) is 3.34. The first-order valence-corrected chi connectivity index (χ1v) is 9.06. The predicted octanol–water partition coefficient (Wildman–Crippen LogP) is 3.51. The van der Waals surface area contributed by atoms with Crippen molar-refractivity contribution in [3.05, 3.63) is 53.1 Å². The Hall–Kier alpha value is -2.16. The lowest BCUT2D eigenvalue weighted by Gasteiger charge is -2.15. The predicted molar refractivity (Wildman–Crippen MR) is 122 cm³/mol. The molecule has 2 N–H and O–H groups in total. The molecule has 7 heteroatoms. The molecule has 3 rings (SSSR count). The van der Waals surface area contributed by atoms with Crippen LogP contribution in [0.4, 0.5) is 0 Å². The molecule has 28 heavy (non-hydrogen) atoms. The Balaban J connectivity index is 0.00000280. The number of nitrogens with one attached hydrogen (secondary N) is 2. The Morgan fingerprint density at radius 1 is 1.11 bits per heavy atom. The van der Waals surface area contributed by atoms with Crippen LogP contribution in [0.1, 0.15) is 23.6 Å². The Morgan fingerprint density at radius 2 is 1.82 bits per heavy atom. The molecule has 1 atom stereocenters. The van der Waals surface area contributed by atoms with Crippen LogP contribution in [0.5, 0.6) is 17.2 Å². The Bertz CT molecular complexity index is 809. The first kappa shape index (κ1) is 22.1. The topological polar surface area (TPSA) is 64.1 Å². The van der Waals surface area contributed by atoms with E-state index in [-0.39, 0.29) is 30.1 Å². The number of guanidine groups is 1. The molecule has 0 aromatic heterocycles. The minimum Gasteiger partial charge on any atom is -0.497 e. The summed E-state index contributed by atoms with van der Waals surface area (Å²) >= 11 is 0. The van der Waals surface area contributed by atoms with Crippen molar-refractivity contribution in [1.29, 1.82) is 0 Å². The number of ether oxygens (including phenoxy) is 3. The summed E-state index contributed by atoms with van der Waals surface area (Å²) in [4.78, 5) is 4.29. The average Bonchev–Trinajstić information content (AvgIpc) is 3.06. The van der Waals surface area contributed by atoms with Crippen LogP contribution in [-0.2, 0) is 19.5 Å². The Labute approximate surface area is 183 Å². The van der Waals surface area contributed by atoms with Crippen molar-refractivity contribution < 1.29 is 14.2 Å². The van der Waals surface area contributed by atoms with Crippen LogP contribution in [0.25, 0.3) is 0 Å². The minimum atomic E-state index is 0. The van der Waals surface area contributed by atoms with E-state index < -0.39 is 0 Å². The third-order valence-corrected chi connectivity index (χ3v) is 4.59. The maximum absolute atomic E-state index is 5.86. The molecule has 1 unspecified atom stereocenters. The lowest BCUT2D eigenvalue weighted by Crippen LogP contribution is -2.36. The molecular formula is C21H28IN3O3. The average molecular weight is 497 g/mol. The van der Waals surface area contributed by atoms with E-state index in [1.807, 2.05) is 24.3 Å². The van der Waals surface area contributed by atoms with Crippen LogP contribution in [0.15, 0.2) is 41.4 Å². The highest BCUT2D eigenvalue weighted by molar-refractivity contribution is 14.0. The highest BCUT2D eigenvalue weighted by Gasteiger charge is 2.21. The zero-order chi connectivity index (χ0) is 19.2. The van der Waals surface area contributed by atoms with Gasteiger partial charge in [-0.2, -0.15) is 0 Å². The van der Waals surface area contributed by atoms with Gasteiger partial charge in [-0.3, -0.25) is 4.99 Å². The highest BCUT2D eigenvalue weighted by Crippen LogP contribution is 2.34. The van der Waals surface area contributed by atoms with Gasteiger partial charge in [0.15, 0.2) is 5.96 Å². The molecule has 6 nitrogen and oxygen atoms in total. The van der Waals surface area contributed by atoms with Crippen molar-refractivity contribution in [2.75, 3.05) is 21.3 Å². The standard InChI is InChI=1S/C21H27N3O3.HI/c1-14-9-16-10-19(26-4)17(11-20(16)27-14)13-24-21(22-2)23-12-15-5-7-18(25-3)8-6-15;/h5-8,10-11,14H,9,12-13H2,1-4H3,(H2,22,23,24);1H. The van der Waals surface area contributed by atoms with Crippen LogP contribution in [0, 0.1) is 0 Å². The minimum absolute atomic E-state index is 0. The number of hydrogen-bond acceptors (Lipinski definition) is 4. The van der Waals surface area contributed by atoms with Crippen LogP contribution in [-0.4, -0.2) is 33.3 Å². The summed E-state index contributed by atoms with van der Waals surface area (Å²) in [6.07, 6.45) is 1.14. The van der Waals surface area contributed by atoms with Crippen molar-refractivity contribution in [2.24, 2.45) is 4.99 Å². The molecule has 0 spiro atoms. The van der Waals surface area contributed by atoms with Gasteiger partial charge in [-0.05, 0) is 36.8 Å². The zero-order valence-corrected chi connectivity index (χ0v) is 19.1. The summed E-state index contributed by atoms with van der Waals surface area (Å²) in [5.41, 5.74) is 3.39. The molecule has 152 valence electrons. The van der Waals surface area contributed by atoms with Crippen LogP contribution in [0.3, 0.4) is 0 Å². The first-order valence-electron chi connectivity index (χ1n) is 9.06. The normalized spacial score (nSPS) is 15.1. The molecule has 1 aliphatic heterocycles. The number of methoxy groups -OCH3 is 2. The van der Waals surface area contributed by atoms with Crippen molar-refractivity contribution in [2.45, 2.75) is 32.5 Å². The van der Waals surface area contributed by atoms with Gasteiger partial charge in [-0.15, -0.1) is 24.0 Å². The fourth-order valence-corrected chi connectivity index (χ4v) is 3.14. The number of aliphatic imine (C=N–C) groups is 1. The number of benzene rings is 2. The number of rotatable bonds is 6. The summed E-state index contributed by atoms with van der Waals surface area (Å²) < 4.78 is 16.6. The largest absolute Gasteiger partial charge is 0.497 e. The Morgan fingerprint density at radius 3 is 2.46 bits per heavy atom. The molecule has 0 saturated heterocycles. The van der Waals surface area contributed by atoms with E-state index in [1.165, 1.54) is 5.56 Å². The smallest absolute Gasteiger partial charge is 0.191 e. The molecule has 1 heterocycles. The summed E-state index contributed by atoms with van der Waals surface area (Å²) in [7, 11) is 5.12. The highest BCUT2D eigenvalue weighted by atomic mass is 127. The van der Waals surface area contributed by atoms with E-state index >= 15 is 0 Å². The number of fused-ring (bicyclic) bond motifs is 1. The summed E-state index contributed by atoms with van der Waals surface area (Å²) in [6, 6.07) is 12.1. The fraction of sp³-hybridized carbons (Fsp3) is 0.381. The molecule has 0 amide bonds. The molecule has 0 bridgehead atoms. The number of hydrogen-bond donors (Lipinski definition) is 2. The quantitative estimate of drug-likeness (QED) is 0.364. The second kappa shape index (κ2) is 10.4. The lowest BCUT2D eigenvalue weighted by molar-refractivity contribution is 0.254. The van der Waals surface area contributed by atoms with Gasteiger partial charge in [0.05, 0.1) is 14.2 Å². The molecule has 2 aromatic rings. The molecule has 2 aromatic carbocycles. The van der Waals surface area contributed by atoms with Crippen molar-refractivity contribution >= 4 is 29.9 Å². The van der Waals surface area contributed by atoms with E-state index in [2.05, 4.69) is 34.7 Å². The van der Waals surface area contributed by atoms with E-state index in [0.29, 0.717) is 13.1 Å². The Kier molecular flexibility index (Phi) is 8.22. The van der Waals surface area contributed by atoms with Crippen LogP contribution < -0.4 is 24.8 Å². The van der Waals surface area contributed by atoms with Gasteiger partial charge >= 0.3 is 0 Å². The maximum Gasteiger partial charge on any atom is 0.191 e. The van der Waals surface area contributed by atoms with Gasteiger partial charge in [0.2, 0.25) is 0 Å². The van der Waals surface area contributed by atoms with Crippen molar-refractivity contribution in [3.63, 3.8) is 0 Å². The monoisotopic (exact) mass is 497 g/mol. The van der Waals surface area contributed by atoms with Crippen molar-refractivity contribution in [1.82, 2.24) is 10.6 Å². The van der Waals surface area contributed by atoms with Gasteiger partial charge in [-0.1, -0.05) is 12.1 Å². The van der Waals surface area contributed by atoms with Gasteiger partial charge in [-0.25, -0.2) is 0 Å². The van der Waals surface area contributed by atoms with Gasteiger partial charge in [0.25, 0.3) is 0 Å². The summed E-state index contributed by atoms with van der Waals surface area (Å²) in [5.74, 6) is 3.38. The number of nitrogens with zero attached hydrogens (tertiary/aromatic N) is 1. The second-order valence-electron chi connectivity index (χ2n) is 6.53. The SMILES string of the molecule is CN=C(NCc1ccc(OC)cc1)NCc1cc2c(cc1OC)CC(C)O2.I. The van der Waals surface area contributed by atoms with Crippen molar-refractivity contribution in [3.8, 4) is 17.2 Å². The second-order valence-corrected chi connectivity index (χ2v) is 6.53. The first-order chi connectivity index (χ1) is 13.1. The van der Waals surface area contributed by atoms with E-state index in [0.717, 1.165) is 40.8 Å². The molecule has 0 radical (unpaired) electrons. The van der Waals surface area contributed by atoms with Crippen LogP contribution in [0.2, 0.25) is 0 Å². The van der Waals surface area contributed by atoms with Gasteiger partial charge in [0.1, 0.15) is 23.4 Å². The molecule has 1 aliphatic rings. The van der Waals surface area contributed by atoms with E-state index in [9.17, 15) is 0 Å². The van der Waals surface area contributed by atoms with E-state index in [4.69, 9.17) is 14.2 Å². The number of halogens is 1.